The van der Waals surface area contributed by atoms with Crippen molar-refractivity contribution in [2.75, 3.05) is 0 Å². The van der Waals surface area contributed by atoms with Gasteiger partial charge in [-0.05, 0) is 25.1 Å². The molecular weight excluding hydrogens is 240 g/mol. The number of rotatable bonds is 2. The van der Waals surface area contributed by atoms with Gasteiger partial charge < -0.3 is 5.11 Å². The van der Waals surface area contributed by atoms with Crippen LogP contribution in [-0.2, 0) is 0 Å². The minimum Gasteiger partial charge on any atom is -0.477 e. The second kappa shape index (κ2) is 4.51. The van der Waals surface area contributed by atoms with E-state index in [9.17, 15) is 4.79 Å². The van der Waals surface area contributed by atoms with Gasteiger partial charge >= 0.3 is 5.97 Å². The van der Waals surface area contributed by atoms with Crippen molar-refractivity contribution < 1.29 is 9.90 Å². The van der Waals surface area contributed by atoms with Gasteiger partial charge in [-0.15, -0.1) is 0 Å². The van der Waals surface area contributed by atoms with Crippen LogP contribution in [0.3, 0.4) is 0 Å². The van der Waals surface area contributed by atoms with E-state index >= 15 is 0 Å². The van der Waals surface area contributed by atoms with Crippen molar-refractivity contribution >= 4 is 17.6 Å². The van der Waals surface area contributed by atoms with E-state index in [1.54, 1.807) is 31.2 Å². The number of hydrogen-bond acceptors (Lipinski definition) is 3. The molecule has 2 rings (SSSR count). The number of hydrogen-bond donors (Lipinski definition) is 1. The van der Waals surface area contributed by atoms with Crippen LogP contribution in [0.4, 0.5) is 0 Å². The summed E-state index contributed by atoms with van der Waals surface area (Å²) in [5.74, 6) is -0.753. The molecule has 0 aliphatic heterocycles. The third-order valence-electron chi connectivity index (χ3n) is 2.19. The largest absolute Gasteiger partial charge is 0.477 e. The van der Waals surface area contributed by atoms with Crippen LogP contribution >= 0.6 is 11.6 Å². The second-order valence-electron chi connectivity index (χ2n) is 3.50. The lowest BCUT2D eigenvalue weighted by Crippen LogP contribution is -2.04. The molecule has 0 aliphatic rings. The Kier molecular flexibility index (Phi) is 3.06. The number of aromatic nitrogens is 2. The molecule has 1 aromatic heterocycles. The minimum absolute atomic E-state index is 0.0348. The molecule has 1 heterocycles. The molecule has 5 heteroatoms. The second-order valence-corrected chi connectivity index (χ2v) is 3.91. The first kappa shape index (κ1) is 11.5. The first-order chi connectivity index (χ1) is 8.08. The van der Waals surface area contributed by atoms with Gasteiger partial charge in [0.05, 0.1) is 5.02 Å². The summed E-state index contributed by atoms with van der Waals surface area (Å²) in [6.45, 7) is 1.72. The van der Waals surface area contributed by atoms with Crippen molar-refractivity contribution in [1.82, 2.24) is 9.97 Å². The summed E-state index contributed by atoms with van der Waals surface area (Å²) >= 11 is 6.02. The third kappa shape index (κ3) is 2.42. The Hall–Kier alpha value is -1.94. The average molecular weight is 249 g/mol. The molecule has 86 valence electrons. The topological polar surface area (TPSA) is 63.1 Å². The maximum atomic E-state index is 10.9. The third-order valence-corrected chi connectivity index (χ3v) is 2.52. The molecule has 17 heavy (non-hydrogen) atoms. The molecule has 0 aliphatic carbocycles. The highest BCUT2D eigenvalue weighted by molar-refractivity contribution is 6.33. The van der Waals surface area contributed by atoms with Crippen LogP contribution in [0.25, 0.3) is 11.4 Å². The number of nitrogens with zero attached hydrogens (tertiary/aromatic N) is 2. The van der Waals surface area contributed by atoms with E-state index < -0.39 is 5.97 Å². The molecule has 0 radical (unpaired) electrons. The van der Waals surface area contributed by atoms with Crippen molar-refractivity contribution in [2.24, 2.45) is 0 Å². The number of carbonyl (C=O) groups is 1. The molecule has 4 nitrogen and oxygen atoms in total. The minimum atomic E-state index is -1.08. The highest BCUT2D eigenvalue weighted by Gasteiger charge is 2.11. The first-order valence-electron chi connectivity index (χ1n) is 4.92. The van der Waals surface area contributed by atoms with Gasteiger partial charge in [0.25, 0.3) is 0 Å². The fourth-order valence-electron chi connectivity index (χ4n) is 1.44. The molecule has 1 aromatic carbocycles. The van der Waals surface area contributed by atoms with Gasteiger partial charge in [0.15, 0.2) is 11.5 Å². The molecule has 0 saturated heterocycles. The lowest BCUT2D eigenvalue weighted by Gasteiger charge is -2.04. The summed E-state index contributed by atoms with van der Waals surface area (Å²) in [4.78, 5) is 19.1. The van der Waals surface area contributed by atoms with E-state index in [-0.39, 0.29) is 5.69 Å². The summed E-state index contributed by atoms with van der Waals surface area (Å²) in [5.41, 5.74) is 1.18. The van der Waals surface area contributed by atoms with Gasteiger partial charge in [-0.3, -0.25) is 0 Å². The van der Waals surface area contributed by atoms with Crippen molar-refractivity contribution in [2.45, 2.75) is 6.92 Å². The van der Waals surface area contributed by atoms with E-state index in [0.717, 1.165) is 0 Å². The highest BCUT2D eigenvalue weighted by atomic mass is 35.5. The number of aromatic carboxylic acids is 1. The van der Waals surface area contributed by atoms with Crippen LogP contribution in [0.5, 0.6) is 0 Å². The lowest BCUT2D eigenvalue weighted by atomic mass is 10.2. The molecule has 0 amide bonds. The summed E-state index contributed by atoms with van der Waals surface area (Å²) < 4.78 is 0. The molecule has 0 fully saturated rings. The Bertz CT molecular complexity index is 584. The van der Waals surface area contributed by atoms with Crippen LogP contribution in [-0.4, -0.2) is 21.0 Å². The Morgan fingerprint density at radius 1 is 1.29 bits per heavy atom. The Labute approximate surface area is 103 Å². The van der Waals surface area contributed by atoms with Gasteiger partial charge in [-0.25, -0.2) is 14.8 Å². The first-order valence-corrected chi connectivity index (χ1v) is 5.29. The van der Waals surface area contributed by atoms with Gasteiger partial charge in [0.2, 0.25) is 0 Å². The smallest absolute Gasteiger partial charge is 0.354 e. The molecule has 0 spiro atoms. The normalized spacial score (nSPS) is 10.2. The Morgan fingerprint density at radius 3 is 2.65 bits per heavy atom. The zero-order chi connectivity index (χ0) is 12.4. The number of benzene rings is 1. The maximum Gasteiger partial charge on any atom is 0.354 e. The quantitative estimate of drug-likeness (QED) is 0.888. The average Bonchev–Trinajstić information content (AvgIpc) is 2.28. The zero-order valence-corrected chi connectivity index (χ0v) is 9.77. The summed E-state index contributed by atoms with van der Waals surface area (Å²) in [6, 6.07) is 8.47. The van der Waals surface area contributed by atoms with Gasteiger partial charge in [0, 0.05) is 11.3 Å². The fraction of sp³-hybridized carbons (Fsp3) is 0.0833. The van der Waals surface area contributed by atoms with E-state index in [4.69, 9.17) is 16.7 Å². The molecule has 2 aromatic rings. The predicted molar refractivity (Wildman–Crippen MR) is 64.2 cm³/mol. The summed E-state index contributed by atoms with van der Waals surface area (Å²) in [5, 5.41) is 9.42. The van der Waals surface area contributed by atoms with Crippen LogP contribution < -0.4 is 0 Å². The Balaban J connectivity index is 2.60. The number of aryl methyl sites for hydroxylation is 1. The van der Waals surface area contributed by atoms with Crippen LogP contribution in [0.15, 0.2) is 30.3 Å². The molecule has 0 bridgehead atoms. The molecule has 0 atom stereocenters. The number of halogens is 1. The lowest BCUT2D eigenvalue weighted by molar-refractivity contribution is 0.0690. The van der Waals surface area contributed by atoms with E-state index in [0.29, 0.717) is 22.1 Å². The zero-order valence-electron chi connectivity index (χ0n) is 9.01. The summed E-state index contributed by atoms with van der Waals surface area (Å²) in [6.07, 6.45) is 0. The molecule has 0 saturated carbocycles. The summed E-state index contributed by atoms with van der Waals surface area (Å²) in [7, 11) is 0. The maximum absolute atomic E-state index is 10.9. The van der Waals surface area contributed by atoms with Gasteiger partial charge in [0.1, 0.15) is 0 Å². The highest BCUT2D eigenvalue weighted by Crippen LogP contribution is 2.24. The SMILES string of the molecule is Cc1cc(C(=O)O)nc(-c2ccccc2Cl)n1. The van der Waals surface area contributed by atoms with Crippen LogP contribution in [0, 0.1) is 6.92 Å². The van der Waals surface area contributed by atoms with Gasteiger partial charge in [-0.2, -0.15) is 0 Å². The van der Waals surface area contributed by atoms with Gasteiger partial charge in [-0.1, -0.05) is 23.7 Å². The number of carboxylic acids is 1. The van der Waals surface area contributed by atoms with E-state index in [1.807, 2.05) is 0 Å². The van der Waals surface area contributed by atoms with Crippen LogP contribution in [0.2, 0.25) is 5.02 Å². The van der Waals surface area contributed by atoms with Crippen LogP contribution in [0.1, 0.15) is 16.2 Å². The fourth-order valence-corrected chi connectivity index (χ4v) is 1.66. The Morgan fingerprint density at radius 2 is 2.00 bits per heavy atom. The van der Waals surface area contributed by atoms with Crippen molar-refractivity contribution in [3.63, 3.8) is 0 Å². The van der Waals surface area contributed by atoms with Crippen molar-refractivity contribution in [3.8, 4) is 11.4 Å². The monoisotopic (exact) mass is 248 g/mol. The molecule has 0 unspecified atom stereocenters. The van der Waals surface area contributed by atoms with Crippen molar-refractivity contribution in [1.29, 1.82) is 0 Å². The number of carboxylic acid groups (broad SMARTS) is 1. The standard InChI is InChI=1S/C12H9ClN2O2/c1-7-6-10(12(16)17)15-11(14-7)8-4-2-3-5-9(8)13/h2-6H,1H3,(H,16,17). The van der Waals surface area contributed by atoms with Crippen molar-refractivity contribution in [3.05, 3.63) is 46.7 Å². The molecule has 1 N–H and O–H groups in total. The van der Waals surface area contributed by atoms with E-state index in [1.165, 1.54) is 6.07 Å². The molecular formula is C12H9ClN2O2. The predicted octanol–water partition coefficient (Wildman–Crippen LogP) is 2.80. The van der Waals surface area contributed by atoms with E-state index in [2.05, 4.69) is 9.97 Å².